The molecule has 0 aromatic heterocycles. The van der Waals surface area contributed by atoms with Crippen LogP contribution in [-0.4, -0.2) is 20.6 Å². The van der Waals surface area contributed by atoms with Crippen LogP contribution < -0.4 is 5.32 Å². The second kappa shape index (κ2) is 5.83. The smallest absolute Gasteiger partial charge is 0.255 e. The highest BCUT2D eigenvalue weighted by molar-refractivity contribution is 7.90. The highest BCUT2D eigenvalue weighted by atomic mass is 35.5. The van der Waals surface area contributed by atoms with Gasteiger partial charge in [0.05, 0.1) is 15.6 Å². The molecule has 7 heteroatoms. The number of amides is 1. The summed E-state index contributed by atoms with van der Waals surface area (Å²) in [5.41, 5.74) is 0.540. The van der Waals surface area contributed by atoms with Crippen molar-refractivity contribution in [1.29, 1.82) is 0 Å². The minimum absolute atomic E-state index is 0.0797. The maximum absolute atomic E-state index is 12.9. The Morgan fingerprint density at radius 2 is 1.76 bits per heavy atom. The van der Waals surface area contributed by atoms with Crippen molar-refractivity contribution < 1.29 is 17.6 Å². The van der Waals surface area contributed by atoms with Gasteiger partial charge in [-0.2, -0.15) is 0 Å². The van der Waals surface area contributed by atoms with Crippen LogP contribution in [0.15, 0.2) is 47.4 Å². The number of sulfone groups is 1. The molecule has 2 rings (SSSR count). The Morgan fingerprint density at radius 3 is 2.29 bits per heavy atom. The Morgan fingerprint density at radius 1 is 1.14 bits per heavy atom. The second-order valence-electron chi connectivity index (χ2n) is 4.37. The first-order chi connectivity index (χ1) is 9.77. The van der Waals surface area contributed by atoms with Crippen molar-refractivity contribution in [2.45, 2.75) is 4.90 Å². The fourth-order valence-electron chi connectivity index (χ4n) is 1.64. The van der Waals surface area contributed by atoms with E-state index in [9.17, 15) is 17.6 Å². The fourth-order valence-corrected chi connectivity index (χ4v) is 2.48. The normalized spacial score (nSPS) is 11.2. The van der Waals surface area contributed by atoms with Crippen molar-refractivity contribution in [3.05, 3.63) is 58.9 Å². The van der Waals surface area contributed by atoms with Crippen LogP contribution in [0, 0.1) is 5.82 Å². The number of rotatable bonds is 3. The average Bonchev–Trinajstić information content (AvgIpc) is 2.41. The summed E-state index contributed by atoms with van der Waals surface area (Å²) in [6.07, 6.45) is 1.08. The lowest BCUT2D eigenvalue weighted by Crippen LogP contribution is -2.12. The summed E-state index contributed by atoms with van der Waals surface area (Å²) in [6, 6.07) is 9.08. The first-order valence-electron chi connectivity index (χ1n) is 5.84. The molecule has 0 aliphatic heterocycles. The average molecular weight is 328 g/mol. The molecule has 21 heavy (non-hydrogen) atoms. The molecule has 2 aromatic carbocycles. The van der Waals surface area contributed by atoms with Gasteiger partial charge < -0.3 is 5.32 Å². The molecule has 1 N–H and O–H groups in total. The lowest BCUT2D eigenvalue weighted by Gasteiger charge is -2.07. The molecule has 0 aliphatic rings. The molecule has 110 valence electrons. The van der Waals surface area contributed by atoms with Gasteiger partial charge in [0, 0.05) is 11.8 Å². The van der Waals surface area contributed by atoms with Gasteiger partial charge in [0.15, 0.2) is 9.84 Å². The van der Waals surface area contributed by atoms with Gasteiger partial charge in [-0.15, -0.1) is 0 Å². The zero-order valence-electron chi connectivity index (χ0n) is 10.9. The standard InChI is InChI=1S/C14H11ClFNO3S/c1-21(19,20)11-5-2-9(3-6-11)14(18)17-13-7-4-10(16)8-12(13)15/h2-8H,1H3,(H,17,18). The number of hydrogen-bond donors (Lipinski definition) is 1. The second-order valence-corrected chi connectivity index (χ2v) is 6.80. The topological polar surface area (TPSA) is 63.2 Å². The fraction of sp³-hybridized carbons (Fsp3) is 0.0714. The van der Waals surface area contributed by atoms with Gasteiger partial charge >= 0.3 is 0 Å². The van der Waals surface area contributed by atoms with E-state index in [1.807, 2.05) is 0 Å². The molecule has 1 amide bonds. The van der Waals surface area contributed by atoms with Crippen LogP contribution in [0.1, 0.15) is 10.4 Å². The molecule has 0 spiro atoms. The van der Waals surface area contributed by atoms with E-state index in [2.05, 4.69) is 5.32 Å². The van der Waals surface area contributed by atoms with E-state index in [1.54, 1.807) is 0 Å². The SMILES string of the molecule is CS(=O)(=O)c1ccc(C(=O)Nc2ccc(F)cc2Cl)cc1. The zero-order valence-corrected chi connectivity index (χ0v) is 12.5. The van der Waals surface area contributed by atoms with Crippen LogP contribution in [0.5, 0.6) is 0 Å². The summed E-state index contributed by atoms with van der Waals surface area (Å²) >= 11 is 5.81. The van der Waals surface area contributed by atoms with Crippen LogP contribution in [0.3, 0.4) is 0 Å². The molecule has 0 saturated heterocycles. The first-order valence-corrected chi connectivity index (χ1v) is 8.11. The van der Waals surface area contributed by atoms with Gasteiger partial charge in [-0.05, 0) is 42.5 Å². The quantitative estimate of drug-likeness (QED) is 0.942. The summed E-state index contributed by atoms with van der Waals surface area (Å²) in [5, 5.41) is 2.60. The minimum Gasteiger partial charge on any atom is -0.321 e. The van der Waals surface area contributed by atoms with Gasteiger partial charge in [0.25, 0.3) is 5.91 Å². The maximum Gasteiger partial charge on any atom is 0.255 e. The van der Waals surface area contributed by atoms with E-state index >= 15 is 0 Å². The van der Waals surface area contributed by atoms with E-state index in [0.717, 1.165) is 12.3 Å². The third-order valence-electron chi connectivity index (χ3n) is 2.72. The van der Waals surface area contributed by atoms with Crippen LogP contribution in [-0.2, 0) is 9.84 Å². The van der Waals surface area contributed by atoms with Crippen LogP contribution in [0.4, 0.5) is 10.1 Å². The first kappa shape index (κ1) is 15.5. The lowest BCUT2D eigenvalue weighted by atomic mass is 10.2. The third-order valence-corrected chi connectivity index (χ3v) is 4.17. The summed E-state index contributed by atoms with van der Waals surface area (Å²) < 4.78 is 35.6. The van der Waals surface area contributed by atoms with Crippen molar-refractivity contribution in [3.63, 3.8) is 0 Å². The predicted molar refractivity (Wildman–Crippen MR) is 78.9 cm³/mol. The van der Waals surface area contributed by atoms with E-state index in [-0.39, 0.29) is 21.2 Å². The molecule has 4 nitrogen and oxygen atoms in total. The van der Waals surface area contributed by atoms with Crippen molar-refractivity contribution in [3.8, 4) is 0 Å². The summed E-state index contributed by atoms with van der Waals surface area (Å²) in [5.74, 6) is -0.973. The van der Waals surface area contributed by atoms with E-state index in [0.29, 0.717) is 0 Å². The minimum atomic E-state index is -3.31. The van der Waals surface area contributed by atoms with Gasteiger partial charge in [-0.3, -0.25) is 4.79 Å². The van der Waals surface area contributed by atoms with Crippen LogP contribution >= 0.6 is 11.6 Å². The number of nitrogens with one attached hydrogen (secondary N) is 1. The molecule has 0 atom stereocenters. The molecular weight excluding hydrogens is 317 g/mol. The summed E-state index contributed by atoms with van der Waals surface area (Å²) in [6.45, 7) is 0. The van der Waals surface area contributed by atoms with Crippen molar-refractivity contribution in [1.82, 2.24) is 0 Å². The molecule has 0 heterocycles. The maximum atomic E-state index is 12.9. The number of carbonyl (C=O) groups excluding carboxylic acids is 1. The molecule has 2 aromatic rings. The van der Waals surface area contributed by atoms with Gasteiger partial charge in [0.1, 0.15) is 5.82 Å². The number of carbonyl (C=O) groups is 1. The summed E-state index contributed by atoms with van der Waals surface area (Å²) in [7, 11) is -3.31. The lowest BCUT2D eigenvalue weighted by molar-refractivity contribution is 0.102. The third kappa shape index (κ3) is 3.80. The van der Waals surface area contributed by atoms with Gasteiger partial charge in [-0.25, -0.2) is 12.8 Å². The molecule has 0 radical (unpaired) electrons. The molecular formula is C14H11ClFNO3S. The Bertz CT molecular complexity index is 788. The van der Waals surface area contributed by atoms with Crippen molar-refractivity contribution >= 4 is 33.0 Å². The Balaban J connectivity index is 2.21. The predicted octanol–water partition coefficient (Wildman–Crippen LogP) is 3.13. The zero-order chi connectivity index (χ0) is 15.6. The molecule has 0 bridgehead atoms. The van der Waals surface area contributed by atoms with Crippen molar-refractivity contribution in [2.75, 3.05) is 11.6 Å². The van der Waals surface area contributed by atoms with Crippen LogP contribution in [0.25, 0.3) is 0 Å². The van der Waals surface area contributed by atoms with Gasteiger partial charge in [0.2, 0.25) is 0 Å². The number of anilines is 1. The number of benzene rings is 2. The Hall–Kier alpha value is -1.92. The molecule has 0 aliphatic carbocycles. The van der Waals surface area contributed by atoms with E-state index in [4.69, 9.17) is 11.6 Å². The highest BCUT2D eigenvalue weighted by Crippen LogP contribution is 2.23. The molecule has 0 saturated carbocycles. The van der Waals surface area contributed by atoms with Gasteiger partial charge in [-0.1, -0.05) is 11.6 Å². The number of halogens is 2. The highest BCUT2D eigenvalue weighted by Gasteiger charge is 2.11. The van der Waals surface area contributed by atoms with E-state index in [1.165, 1.54) is 36.4 Å². The Labute approximate surface area is 126 Å². The molecule has 0 fully saturated rings. The summed E-state index contributed by atoms with van der Waals surface area (Å²) in [4.78, 5) is 12.1. The Kier molecular flexibility index (Phi) is 4.29. The molecule has 0 unspecified atom stereocenters. The van der Waals surface area contributed by atoms with Crippen molar-refractivity contribution in [2.24, 2.45) is 0 Å². The number of hydrogen-bond acceptors (Lipinski definition) is 3. The van der Waals surface area contributed by atoms with E-state index < -0.39 is 21.6 Å². The largest absolute Gasteiger partial charge is 0.321 e. The van der Waals surface area contributed by atoms with Crippen LogP contribution in [0.2, 0.25) is 5.02 Å². The monoisotopic (exact) mass is 327 g/mol.